The van der Waals surface area contributed by atoms with Crippen LogP contribution in [0.1, 0.15) is 48.4 Å². The van der Waals surface area contributed by atoms with Crippen LogP contribution in [0.25, 0.3) is 0 Å². The Hall–Kier alpha value is -1.29. The van der Waals surface area contributed by atoms with Crippen LogP contribution in [0.2, 0.25) is 0 Å². The zero-order valence-corrected chi connectivity index (χ0v) is 12.5. The second-order valence-corrected chi connectivity index (χ2v) is 7.09. The zero-order valence-electron chi connectivity index (χ0n) is 12.5. The number of carbonyl (C=O) groups excluding carboxylic acids is 1. The summed E-state index contributed by atoms with van der Waals surface area (Å²) in [5.41, 5.74) is 0. The summed E-state index contributed by atoms with van der Waals surface area (Å²) in [6.07, 6.45) is 7.14. The van der Waals surface area contributed by atoms with Gasteiger partial charge in [0.2, 0.25) is 5.76 Å². The second kappa shape index (κ2) is 5.16. The van der Waals surface area contributed by atoms with E-state index in [9.17, 15) is 4.79 Å². The number of nitrogens with one attached hydrogen (secondary N) is 1. The molecule has 0 saturated heterocycles. The fourth-order valence-electron chi connectivity index (χ4n) is 5.16. The van der Waals surface area contributed by atoms with E-state index in [1.165, 1.54) is 39.2 Å². The quantitative estimate of drug-likeness (QED) is 0.866. The minimum Gasteiger partial charge on any atom is -0.463 e. The number of methoxy groups -OCH3 is 1. The van der Waals surface area contributed by atoms with Crippen molar-refractivity contribution in [2.45, 2.75) is 44.7 Å². The molecule has 0 atom stereocenters. The van der Waals surface area contributed by atoms with E-state index in [0.717, 1.165) is 29.4 Å². The topological polar surface area (TPSA) is 51.5 Å². The van der Waals surface area contributed by atoms with Crippen LogP contribution in [0.4, 0.5) is 0 Å². The van der Waals surface area contributed by atoms with Gasteiger partial charge in [0.1, 0.15) is 5.76 Å². The first-order chi connectivity index (χ1) is 10.2. The highest BCUT2D eigenvalue weighted by atomic mass is 16.5. The van der Waals surface area contributed by atoms with Crippen molar-refractivity contribution in [1.29, 1.82) is 0 Å². The Morgan fingerprint density at radius 2 is 1.86 bits per heavy atom. The van der Waals surface area contributed by atoms with Crippen LogP contribution in [0.15, 0.2) is 16.5 Å². The van der Waals surface area contributed by atoms with Crippen molar-refractivity contribution in [2.24, 2.45) is 23.7 Å². The Morgan fingerprint density at radius 1 is 1.19 bits per heavy atom. The third kappa shape index (κ3) is 2.39. The van der Waals surface area contributed by atoms with Gasteiger partial charge in [0.25, 0.3) is 0 Å². The number of hydrogen-bond donors (Lipinski definition) is 1. The van der Waals surface area contributed by atoms with Gasteiger partial charge < -0.3 is 14.5 Å². The standard InChI is InChI=1S/C17H23NO3/c1-20-17(19)15-3-2-14(21-15)9-18-16-12-5-10-4-11(7-12)8-13(16)6-10/h2-3,10-13,16,18H,4-9H2,1H3. The van der Waals surface area contributed by atoms with E-state index in [1.54, 1.807) is 6.07 Å². The molecule has 1 aromatic rings. The van der Waals surface area contributed by atoms with Gasteiger partial charge in [-0.05, 0) is 67.9 Å². The van der Waals surface area contributed by atoms with Gasteiger partial charge >= 0.3 is 5.97 Å². The van der Waals surface area contributed by atoms with Gasteiger partial charge in [-0.3, -0.25) is 0 Å². The molecule has 4 aliphatic rings. The van der Waals surface area contributed by atoms with Gasteiger partial charge in [0.15, 0.2) is 0 Å². The Bertz CT molecular complexity index is 508. The highest BCUT2D eigenvalue weighted by Crippen LogP contribution is 2.53. The summed E-state index contributed by atoms with van der Waals surface area (Å²) in [5, 5.41) is 3.71. The molecular weight excluding hydrogens is 266 g/mol. The monoisotopic (exact) mass is 289 g/mol. The lowest BCUT2D eigenvalue weighted by molar-refractivity contribution is -0.0148. The summed E-state index contributed by atoms with van der Waals surface area (Å²) in [7, 11) is 1.37. The smallest absolute Gasteiger partial charge is 0.373 e. The third-order valence-corrected chi connectivity index (χ3v) is 5.79. The van der Waals surface area contributed by atoms with Crippen LogP contribution in [-0.4, -0.2) is 19.1 Å². The van der Waals surface area contributed by atoms with E-state index in [-0.39, 0.29) is 0 Å². The first-order valence-electron chi connectivity index (χ1n) is 8.13. The second-order valence-electron chi connectivity index (χ2n) is 7.09. The van der Waals surface area contributed by atoms with Gasteiger partial charge in [-0.2, -0.15) is 0 Å². The van der Waals surface area contributed by atoms with E-state index < -0.39 is 5.97 Å². The maximum Gasteiger partial charge on any atom is 0.373 e. The molecule has 0 amide bonds. The molecule has 5 rings (SSSR count). The number of furan rings is 1. The predicted molar refractivity (Wildman–Crippen MR) is 77.7 cm³/mol. The van der Waals surface area contributed by atoms with Crippen LogP contribution in [0, 0.1) is 23.7 Å². The van der Waals surface area contributed by atoms with Crippen LogP contribution in [-0.2, 0) is 11.3 Å². The molecule has 114 valence electrons. The van der Waals surface area contributed by atoms with Crippen LogP contribution >= 0.6 is 0 Å². The van der Waals surface area contributed by atoms with Crippen molar-refractivity contribution in [2.75, 3.05) is 7.11 Å². The Balaban J connectivity index is 1.38. The molecule has 4 aliphatic carbocycles. The average molecular weight is 289 g/mol. The molecule has 0 unspecified atom stereocenters. The zero-order chi connectivity index (χ0) is 14.4. The Kier molecular flexibility index (Phi) is 3.29. The lowest BCUT2D eigenvalue weighted by atomic mass is 9.54. The van der Waals surface area contributed by atoms with Crippen LogP contribution in [0.5, 0.6) is 0 Å². The summed E-state index contributed by atoms with van der Waals surface area (Å²) >= 11 is 0. The molecule has 1 N–H and O–H groups in total. The first-order valence-corrected chi connectivity index (χ1v) is 8.13. The molecule has 0 spiro atoms. The molecule has 1 heterocycles. The summed E-state index contributed by atoms with van der Waals surface area (Å²) < 4.78 is 10.2. The largest absolute Gasteiger partial charge is 0.463 e. The van der Waals surface area contributed by atoms with Crippen molar-refractivity contribution in [1.82, 2.24) is 5.32 Å². The number of carbonyl (C=O) groups is 1. The van der Waals surface area contributed by atoms with E-state index >= 15 is 0 Å². The summed E-state index contributed by atoms with van der Waals surface area (Å²) in [6, 6.07) is 4.21. The highest BCUT2D eigenvalue weighted by molar-refractivity contribution is 5.86. The number of esters is 1. The normalized spacial score (nSPS) is 36.9. The molecule has 4 bridgehead atoms. The van der Waals surface area contributed by atoms with Crippen molar-refractivity contribution in [3.05, 3.63) is 23.7 Å². The molecular formula is C17H23NO3. The maximum atomic E-state index is 11.4. The average Bonchev–Trinajstić information content (AvgIpc) is 2.94. The predicted octanol–water partition coefficient (Wildman–Crippen LogP) is 2.98. The molecule has 21 heavy (non-hydrogen) atoms. The molecule has 4 heteroatoms. The van der Waals surface area contributed by atoms with E-state index in [1.807, 2.05) is 6.07 Å². The lowest BCUT2D eigenvalue weighted by Crippen LogP contribution is -2.54. The molecule has 4 nitrogen and oxygen atoms in total. The minimum atomic E-state index is -0.407. The van der Waals surface area contributed by atoms with Crippen LogP contribution in [0.3, 0.4) is 0 Å². The van der Waals surface area contributed by atoms with Crippen molar-refractivity contribution in [3.63, 3.8) is 0 Å². The fraction of sp³-hybridized carbons (Fsp3) is 0.706. The van der Waals surface area contributed by atoms with Gasteiger partial charge in [-0.15, -0.1) is 0 Å². The summed E-state index contributed by atoms with van der Waals surface area (Å²) in [6.45, 7) is 0.712. The minimum absolute atomic E-state index is 0.291. The lowest BCUT2D eigenvalue weighted by Gasteiger charge is -2.54. The van der Waals surface area contributed by atoms with E-state index in [2.05, 4.69) is 10.1 Å². The summed E-state index contributed by atoms with van der Waals surface area (Å²) in [4.78, 5) is 11.4. The molecule has 4 fully saturated rings. The fourth-order valence-corrected chi connectivity index (χ4v) is 5.16. The molecule has 1 aromatic heterocycles. The Morgan fingerprint density at radius 3 is 2.48 bits per heavy atom. The first kappa shape index (κ1) is 13.4. The molecule has 0 radical (unpaired) electrons. The maximum absolute atomic E-state index is 11.4. The Labute approximate surface area is 125 Å². The van der Waals surface area contributed by atoms with Crippen molar-refractivity contribution in [3.8, 4) is 0 Å². The van der Waals surface area contributed by atoms with Crippen molar-refractivity contribution < 1.29 is 13.9 Å². The number of rotatable bonds is 4. The molecule has 4 saturated carbocycles. The van der Waals surface area contributed by atoms with Gasteiger partial charge in [-0.1, -0.05) is 0 Å². The van der Waals surface area contributed by atoms with Gasteiger partial charge in [0, 0.05) is 6.04 Å². The molecule has 0 aromatic carbocycles. The van der Waals surface area contributed by atoms with Gasteiger partial charge in [0.05, 0.1) is 13.7 Å². The number of ether oxygens (including phenoxy) is 1. The molecule has 0 aliphatic heterocycles. The SMILES string of the molecule is COC(=O)c1ccc(CNC2C3CC4CC(C3)CC2C4)o1. The van der Waals surface area contributed by atoms with E-state index in [0.29, 0.717) is 18.3 Å². The highest BCUT2D eigenvalue weighted by Gasteiger charge is 2.47. The third-order valence-electron chi connectivity index (χ3n) is 5.79. The summed E-state index contributed by atoms with van der Waals surface area (Å²) in [5.74, 6) is 4.42. The number of hydrogen-bond acceptors (Lipinski definition) is 4. The van der Waals surface area contributed by atoms with Crippen LogP contribution < -0.4 is 5.32 Å². The van der Waals surface area contributed by atoms with E-state index in [4.69, 9.17) is 4.42 Å². The van der Waals surface area contributed by atoms with Gasteiger partial charge in [-0.25, -0.2) is 4.79 Å². The van der Waals surface area contributed by atoms with Crippen molar-refractivity contribution >= 4 is 5.97 Å².